The van der Waals surface area contributed by atoms with Gasteiger partial charge in [0.05, 0.1) is 16.1 Å². The lowest BCUT2D eigenvalue weighted by atomic mass is 10.1. The van der Waals surface area contributed by atoms with Crippen LogP contribution in [-0.2, 0) is 4.79 Å². The minimum atomic E-state index is -5.66. The zero-order chi connectivity index (χ0) is 21.0. The Morgan fingerprint density at radius 2 is 1.78 bits per heavy atom. The lowest BCUT2D eigenvalue weighted by molar-refractivity contribution is -0.284. The van der Waals surface area contributed by atoms with Gasteiger partial charge in [-0.1, -0.05) is 13.8 Å². The van der Waals surface area contributed by atoms with E-state index in [2.05, 4.69) is 0 Å². The van der Waals surface area contributed by atoms with Crippen LogP contribution in [0, 0.1) is 9.49 Å². The van der Waals surface area contributed by atoms with Crippen LogP contribution in [0.2, 0.25) is 0 Å². The van der Waals surface area contributed by atoms with Crippen LogP contribution in [0.3, 0.4) is 0 Å². The molecule has 0 unspecified atom stereocenters. The average molecular weight is 510 g/mol. The zero-order valence-electron chi connectivity index (χ0n) is 14.2. The van der Waals surface area contributed by atoms with E-state index < -0.39 is 55.0 Å². The summed E-state index contributed by atoms with van der Waals surface area (Å²) in [7, 11) is 0. The van der Waals surface area contributed by atoms with Gasteiger partial charge < -0.3 is 14.6 Å². The molecule has 5 nitrogen and oxygen atoms in total. The zero-order valence-corrected chi connectivity index (χ0v) is 16.4. The molecule has 1 aromatic rings. The van der Waals surface area contributed by atoms with Crippen molar-refractivity contribution in [3.63, 3.8) is 0 Å². The van der Waals surface area contributed by atoms with Gasteiger partial charge in [0.1, 0.15) is 17.1 Å². The molecular formula is C16H16F5IO5. The minimum absolute atomic E-state index is 0.0496. The van der Waals surface area contributed by atoms with E-state index in [0.717, 1.165) is 6.07 Å². The van der Waals surface area contributed by atoms with Crippen LogP contribution in [-0.4, -0.2) is 35.8 Å². The molecular weight excluding hydrogens is 494 g/mol. The van der Waals surface area contributed by atoms with Gasteiger partial charge >= 0.3 is 24.0 Å². The molecule has 0 heterocycles. The van der Waals surface area contributed by atoms with E-state index >= 15 is 0 Å². The fourth-order valence-electron chi connectivity index (χ4n) is 1.78. The number of carbonyl (C=O) groups excluding carboxylic acids is 1. The molecule has 0 aromatic heterocycles. The Balaban J connectivity index is 2.89. The molecule has 0 aliphatic rings. The van der Waals surface area contributed by atoms with Crippen molar-refractivity contribution in [2.24, 2.45) is 5.92 Å². The molecule has 0 fully saturated rings. The summed E-state index contributed by atoms with van der Waals surface area (Å²) in [6.45, 7) is 2.62. The Bertz CT molecular complexity index is 703. The first-order valence-electron chi connectivity index (χ1n) is 7.62. The molecule has 0 spiro atoms. The van der Waals surface area contributed by atoms with Crippen molar-refractivity contribution in [3.05, 3.63) is 21.3 Å². The topological polar surface area (TPSA) is 72.8 Å². The van der Waals surface area contributed by atoms with E-state index in [1.807, 2.05) is 0 Å². The van der Waals surface area contributed by atoms with Crippen molar-refractivity contribution in [2.45, 2.75) is 38.8 Å². The van der Waals surface area contributed by atoms with Crippen LogP contribution in [0.25, 0.3) is 0 Å². The Morgan fingerprint density at radius 3 is 2.26 bits per heavy atom. The van der Waals surface area contributed by atoms with Gasteiger partial charge in [-0.3, -0.25) is 4.79 Å². The number of hydrogen-bond acceptors (Lipinski definition) is 4. The van der Waals surface area contributed by atoms with Gasteiger partial charge in [-0.2, -0.15) is 22.0 Å². The van der Waals surface area contributed by atoms with Gasteiger partial charge in [-0.15, -0.1) is 0 Å². The summed E-state index contributed by atoms with van der Waals surface area (Å²) in [4.78, 5) is 23.0. The second kappa shape index (κ2) is 9.02. The standard InChI is InChI=1S/C16H16F5IO5/c1-8(2)14(25)27-9-6-10(13(23)24)12(11(22)7-9)26-5-3-4-15(17,18)16(19,20)21/h6-8H,3-5H2,1-2H3,(H,23,24). The van der Waals surface area contributed by atoms with Gasteiger partial charge in [-0.25, -0.2) is 4.79 Å². The Hall–Kier alpha value is -1.66. The van der Waals surface area contributed by atoms with Crippen molar-refractivity contribution in [2.75, 3.05) is 6.61 Å². The first-order valence-corrected chi connectivity index (χ1v) is 8.70. The lowest BCUT2D eigenvalue weighted by Gasteiger charge is -2.19. The number of carboxylic acid groups (broad SMARTS) is 1. The number of carboxylic acids is 1. The number of halogens is 6. The van der Waals surface area contributed by atoms with Crippen molar-refractivity contribution in [1.29, 1.82) is 0 Å². The largest absolute Gasteiger partial charge is 0.492 e. The van der Waals surface area contributed by atoms with E-state index in [1.165, 1.54) is 6.07 Å². The number of carbonyl (C=O) groups is 2. The third-order valence-electron chi connectivity index (χ3n) is 3.23. The van der Waals surface area contributed by atoms with Crippen LogP contribution in [0.1, 0.15) is 37.0 Å². The van der Waals surface area contributed by atoms with Crippen molar-refractivity contribution in [3.8, 4) is 11.5 Å². The third-order valence-corrected chi connectivity index (χ3v) is 4.03. The maximum absolute atomic E-state index is 12.9. The van der Waals surface area contributed by atoms with Crippen molar-refractivity contribution in [1.82, 2.24) is 0 Å². The predicted molar refractivity (Wildman–Crippen MR) is 92.3 cm³/mol. The fourth-order valence-corrected chi connectivity index (χ4v) is 2.53. The molecule has 0 aliphatic heterocycles. The summed E-state index contributed by atoms with van der Waals surface area (Å²) in [6.07, 6.45) is -7.79. The second-order valence-corrected chi connectivity index (χ2v) is 6.98. The molecule has 0 atom stereocenters. The van der Waals surface area contributed by atoms with Crippen LogP contribution in [0.15, 0.2) is 12.1 Å². The van der Waals surface area contributed by atoms with Crippen LogP contribution < -0.4 is 9.47 Å². The number of hydrogen-bond donors (Lipinski definition) is 1. The number of esters is 1. The van der Waals surface area contributed by atoms with Crippen LogP contribution in [0.4, 0.5) is 22.0 Å². The molecule has 0 radical (unpaired) electrons. The van der Waals surface area contributed by atoms with Gasteiger partial charge in [-0.05, 0) is 41.1 Å². The minimum Gasteiger partial charge on any atom is -0.492 e. The predicted octanol–water partition coefficient (Wildman–Crippen LogP) is 4.91. The highest BCUT2D eigenvalue weighted by Gasteiger charge is 2.56. The molecule has 1 N–H and O–H groups in total. The highest BCUT2D eigenvalue weighted by atomic mass is 127. The summed E-state index contributed by atoms with van der Waals surface area (Å²) in [5, 5.41) is 9.26. The molecule has 0 amide bonds. The average Bonchev–Trinajstić information content (AvgIpc) is 2.51. The van der Waals surface area contributed by atoms with Gasteiger partial charge in [0.25, 0.3) is 0 Å². The summed E-state index contributed by atoms with van der Waals surface area (Å²) >= 11 is 1.68. The van der Waals surface area contributed by atoms with E-state index in [4.69, 9.17) is 9.47 Å². The van der Waals surface area contributed by atoms with Crippen molar-refractivity contribution >= 4 is 34.5 Å². The number of ether oxygens (including phenoxy) is 2. The maximum Gasteiger partial charge on any atom is 0.453 e. The molecule has 0 saturated heterocycles. The Labute approximate surface area is 165 Å². The first kappa shape index (κ1) is 23.4. The SMILES string of the molecule is CC(C)C(=O)Oc1cc(I)c(OCCCC(F)(F)C(F)(F)F)c(C(=O)O)c1. The summed E-state index contributed by atoms with van der Waals surface area (Å²) in [5.74, 6) is -7.60. The van der Waals surface area contributed by atoms with E-state index in [0.29, 0.717) is 0 Å². The first-order chi connectivity index (χ1) is 12.3. The number of aromatic carboxylic acids is 1. The third kappa shape index (κ3) is 6.47. The molecule has 0 bridgehead atoms. The summed E-state index contributed by atoms with van der Waals surface area (Å²) in [5.41, 5.74) is -0.406. The van der Waals surface area contributed by atoms with Gasteiger partial charge in [0.2, 0.25) is 0 Å². The molecule has 1 aromatic carbocycles. The van der Waals surface area contributed by atoms with Crippen LogP contribution >= 0.6 is 22.6 Å². The second-order valence-electron chi connectivity index (χ2n) is 5.82. The monoisotopic (exact) mass is 510 g/mol. The highest BCUT2D eigenvalue weighted by molar-refractivity contribution is 14.1. The van der Waals surface area contributed by atoms with E-state index in [-0.39, 0.29) is 15.1 Å². The normalized spacial score (nSPS) is 12.2. The number of rotatable bonds is 8. The molecule has 11 heteroatoms. The molecule has 152 valence electrons. The number of benzene rings is 1. The highest BCUT2D eigenvalue weighted by Crippen LogP contribution is 2.39. The Kier molecular flexibility index (Phi) is 7.81. The quantitative estimate of drug-likeness (QED) is 0.177. The van der Waals surface area contributed by atoms with Crippen LogP contribution in [0.5, 0.6) is 11.5 Å². The van der Waals surface area contributed by atoms with Gasteiger partial charge in [0.15, 0.2) is 0 Å². The van der Waals surface area contributed by atoms with E-state index in [9.17, 15) is 36.6 Å². The molecule has 0 aliphatic carbocycles. The molecule has 0 saturated carbocycles. The fraction of sp³-hybridized carbons (Fsp3) is 0.500. The molecule has 1 rings (SSSR count). The Morgan fingerprint density at radius 1 is 1.19 bits per heavy atom. The van der Waals surface area contributed by atoms with E-state index in [1.54, 1.807) is 36.4 Å². The summed E-state index contributed by atoms with van der Waals surface area (Å²) < 4.78 is 72.4. The smallest absolute Gasteiger partial charge is 0.453 e. The number of alkyl halides is 5. The van der Waals surface area contributed by atoms with Gasteiger partial charge in [0, 0.05) is 6.42 Å². The summed E-state index contributed by atoms with van der Waals surface area (Å²) in [6, 6.07) is 2.32. The lowest BCUT2D eigenvalue weighted by Crippen LogP contribution is -2.36. The van der Waals surface area contributed by atoms with Crippen molar-refractivity contribution < 1.29 is 46.1 Å². The maximum atomic E-state index is 12.9. The molecule has 27 heavy (non-hydrogen) atoms.